The van der Waals surface area contributed by atoms with Crippen LogP contribution in [0, 0.1) is 0 Å². The van der Waals surface area contributed by atoms with Gasteiger partial charge in [-0.15, -0.1) is 0 Å². The van der Waals surface area contributed by atoms with E-state index in [1.807, 2.05) is 0 Å². The molecule has 0 bridgehead atoms. The quantitative estimate of drug-likeness (QED) is 0.536. The number of nitrogens with one attached hydrogen (secondary N) is 1. The van der Waals surface area contributed by atoms with Crippen molar-refractivity contribution >= 4 is 22.1 Å². The topological polar surface area (TPSA) is 118 Å². The highest BCUT2D eigenvalue weighted by atomic mass is 32.2. The summed E-state index contributed by atoms with van der Waals surface area (Å²) in [5.41, 5.74) is 2.82. The lowest BCUT2D eigenvalue weighted by atomic mass is 10.2. The number of ether oxygens (including phenoxy) is 2. The third kappa shape index (κ3) is 4.73. The Bertz CT molecular complexity index is 1020. The molecule has 3 rings (SSSR count). The van der Waals surface area contributed by atoms with E-state index >= 15 is 0 Å². The van der Waals surface area contributed by atoms with Crippen LogP contribution in [0.3, 0.4) is 0 Å². The van der Waals surface area contributed by atoms with Crippen molar-refractivity contribution in [3.8, 4) is 11.5 Å². The summed E-state index contributed by atoms with van der Waals surface area (Å²) in [6, 6.07) is 10.6. The molecule has 0 atom stereocenters. The van der Waals surface area contributed by atoms with Gasteiger partial charge >= 0.3 is 0 Å². The van der Waals surface area contributed by atoms with E-state index in [1.165, 1.54) is 41.9 Å². The molecule has 0 aromatic heterocycles. The smallest absolute Gasteiger partial charge is 0.271 e. The van der Waals surface area contributed by atoms with Gasteiger partial charge in [0.15, 0.2) is 11.5 Å². The first kappa shape index (κ1) is 20.8. The molecule has 1 aliphatic heterocycles. The predicted molar refractivity (Wildman–Crippen MR) is 106 cm³/mol. The number of morpholine rings is 1. The number of para-hydroxylation sites is 1. The second kappa shape index (κ2) is 9.03. The Labute approximate surface area is 168 Å². The van der Waals surface area contributed by atoms with Crippen molar-refractivity contribution in [2.24, 2.45) is 5.10 Å². The Kier molecular flexibility index (Phi) is 6.47. The fraction of sp³-hybridized carbons (Fsp3) is 0.263. The molecule has 1 aliphatic rings. The lowest BCUT2D eigenvalue weighted by Gasteiger charge is -2.26. The number of sulfonamides is 1. The van der Waals surface area contributed by atoms with E-state index in [2.05, 4.69) is 10.5 Å². The number of hydrazone groups is 1. The molecule has 29 heavy (non-hydrogen) atoms. The molecule has 1 amide bonds. The van der Waals surface area contributed by atoms with Gasteiger partial charge in [-0.1, -0.05) is 12.1 Å². The average molecular weight is 419 g/mol. The number of hydrogen-bond donors (Lipinski definition) is 2. The van der Waals surface area contributed by atoms with Crippen LogP contribution in [0.15, 0.2) is 52.5 Å². The minimum Gasteiger partial charge on any atom is -0.504 e. The molecule has 0 spiro atoms. The van der Waals surface area contributed by atoms with Gasteiger partial charge in [0.2, 0.25) is 10.0 Å². The van der Waals surface area contributed by atoms with E-state index in [0.717, 1.165) is 0 Å². The van der Waals surface area contributed by atoms with Crippen LogP contribution in [0.5, 0.6) is 11.5 Å². The molecule has 0 unspecified atom stereocenters. The molecule has 1 saturated heterocycles. The van der Waals surface area contributed by atoms with Crippen molar-refractivity contribution in [2.45, 2.75) is 4.90 Å². The maximum Gasteiger partial charge on any atom is 0.271 e. The van der Waals surface area contributed by atoms with Crippen molar-refractivity contribution in [2.75, 3.05) is 33.4 Å². The number of aromatic hydroxyl groups is 1. The molecule has 0 aliphatic carbocycles. The van der Waals surface area contributed by atoms with E-state index in [1.54, 1.807) is 18.2 Å². The lowest BCUT2D eigenvalue weighted by Crippen LogP contribution is -2.40. The predicted octanol–water partition coefficient (Wildman–Crippen LogP) is 1.19. The number of methoxy groups -OCH3 is 1. The lowest BCUT2D eigenvalue weighted by molar-refractivity contribution is 0.0730. The molecule has 1 fully saturated rings. The normalized spacial score (nSPS) is 15.3. The molecular weight excluding hydrogens is 398 g/mol. The number of nitrogens with zero attached hydrogens (tertiary/aromatic N) is 2. The monoisotopic (exact) mass is 419 g/mol. The van der Waals surface area contributed by atoms with Crippen molar-refractivity contribution in [3.05, 3.63) is 53.6 Å². The standard InChI is InChI=1S/C19H21N3O6S/c1-27-17-7-3-5-15(18(17)23)13-20-21-19(24)14-4-2-6-16(12-14)29(25,26)22-8-10-28-11-9-22/h2-7,12-13,23H,8-11H2,1H3,(H,21,24). The summed E-state index contributed by atoms with van der Waals surface area (Å²) in [7, 11) is -2.28. The van der Waals surface area contributed by atoms with Crippen molar-refractivity contribution in [1.29, 1.82) is 0 Å². The Morgan fingerprint density at radius 1 is 1.24 bits per heavy atom. The van der Waals surface area contributed by atoms with Crippen LogP contribution >= 0.6 is 0 Å². The minimum absolute atomic E-state index is 0.0291. The molecule has 0 radical (unpaired) electrons. The number of rotatable bonds is 6. The van der Waals surface area contributed by atoms with Crippen LogP contribution in [0.1, 0.15) is 15.9 Å². The second-order valence-corrected chi connectivity index (χ2v) is 8.08. The number of amides is 1. The zero-order valence-corrected chi connectivity index (χ0v) is 16.6. The van der Waals surface area contributed by atoms with Gasteiger partial charge in [-0.25, -0.2) is 13.8 Å². The van der Waals surface area contributed by atoms with Gasteiger partial charge in [0, 0.05) is 24.2 Å². The van der Waals surface area contributed by atoms with Crippen molar-refractivity contribution in [3.63, 3.8) is 0 Å². The van der Waals surface area contributed by atoms with Gasteiger partial charge in [0.25, 0.3) is 5.91 Å². The summed E-state index contributed by atoms with van der Waals surface area (Å²) in [6.45, 7) is 1.22. The number of phenolic OH excluding ortho intramolecular Hbond substituents is 1. The van der Waals surface area contributed by atoms with Crippen LogP contribution in [-0.2, 0) is 14.8 Å². The molecule has 2 aromatic rings. The summed E-state index contributed by atoms with van der Waals surface area (Å²) in [5, 5.41) is 13.8. The highest BCUT2D eigenvalue weighted by Crippen LogP contribution is 2.27. The van der Waals surface area contributed by atoms with E-state index in [9.17, 15) is 18.3 Å². The van der Waals surface area contributed by atoms with E-state index in [0.29, 0.717) is 18.8 Å². The first-order chi connectivity index (χ1) is 13.9. The molecule has 1 heterocycles. The zero-order chi connectivity index (χ0) is 20.9. The summed E-state index contributed by atoms with van der Waals surface area (Å²) >= 11 is 0. The first-order valence-electron chi connectivity index (χ1n) is 8.81. The van der Waals surface area contributed by atoms with Crippen LogP contribution < -0.4 is 10.2 Å². The third-order valence-electron chi connectivity index (χ3n) is 4.32. The Morgan fingerprint density at radius 3 is 2.69 bits per heavy atom. The summed E-state index contributed by atoms with van der Waals surface area (Å²) in [6.07, 6.45) is 1.27. The highest BCUT2D eigenvalue weighted by molar-refractivity contribution is 7.89. The molecular formula is C19H21N3O6S. The number of hydrogen-bond acceptors (Lipinski definition) is 7. The van der Waals surface area contributed by atoms with E-state index in [-0.39, 0.29) is 35.0 Å². The summed E-state index contributed by atoms with van der Waals surface area (Å²) in [4.78, 5) is 12.4. The van der Waals surface area contributed by atoms with Gasteiger partial charge in [-0.2, -0.15) is 9.41 Å². The Balaban J connectivity index is 1.73. The fourth-order valence-corrected chi connectivity index (χ4v) is 4.22. The van der Waals surface area contributed by atoms with Crippen LogP contribution in [-0.4, -0.2) is 63.4 Å². The molecule has 9 nitrogen and oxygen atoms in total. The number of benzene rings is 2. The Morgan fingerprint density at radius 2 is 1.97 bits per heavy atom. The minimum atomic E-state index is -3.71. The largest absolute Gasteiger partial charge is 0.504 e. The SMILES string of the molecule is COc1cccc(C=NNC(=O)c2cccc(S(=O)(=O)N3CCOCC3)c2)c1O. The Hall–Kier alpha value is -2.95. The summed E-state index contributed by atoms with van der Waals surface area (Å²) in [5.74, 6) is -0.407. The van der Waals surface area contributed by atoms with E-state index in [4.69, 9.17) is 9.47 Å². The fourth-order valence-electron chi connectivity index (χ4n) is 2.77. The van der Waals surface area contributed by atoms with Gasteiger partial charge in [0.05, 0.1) is 31.4 Å². The molecule has 10 heteroatoms. The molecule has 154 valence electrons. The molecule has 2 aromatic carbocycles. The van der Waals surface area contributed by atoms with Gasteiger partial charge in [-0.05, 0) is 30.3 Å². The van der Waals surface area contributed by atoms with Crippen LogP contribution in [0.4, 0.5) is 0 Å². The second-order valence-electron chi connectivity index (χ2n) is 6.14. The van der Waals surface area contributed by atoms with Crippen LogP contribution in [0.25, 0.3) is 0 Å². The molecule has 0 saturated carbocycles. The first-order valence-corrected chi connectivity index (χ1v) is 10.2. The number of carbonyl (C=O) groups excluding carboxylic acids is 1. The maximum absolute atomic E-state index is 12.7. The number of phenols is 1. The molecule has 2 N–H and O–H groups in total. The highest BCUT2D eigenvalue weighted by Gasteiger charge is 2.26. The maximum atomic E-state index is 12.7. The average Bonchev–Trinajstić information content (AvgIpc) is 2.75. The van der Waals surface area contributed by atoms with Crippen molar-refractivity contribution in [1.82, 2.24) is 9.73 Å². The van der Waals surface area contributed by atoms with Crippen molar-refractivity contribution < 1.29 is 27.8 Å². The number of carbonyl (C=O) groups is 1. The van der Waals surface area contributed by atoms with Gasteiger partial charge in [-0.3, -0.25) is 4.79 Å². The zero-order valence-electron chi connectivity index (χ0n) is 15.7. The van der Waals surface area contributed by atoms with Crippen LogP contribution in [0.2, 0.25) is 0 Å². The van der Waals surface area contributed by atoms with E-state index < -0.39 is 15.9 Å². The summed E-state index contributed by atoms with van der Waals surface area (Å²) < 4.78 is 37.0. The third-order valence-corrected chi connectivity index (χ3v) is 6.22. The van der Waals surface area contributed by atoms with Gasteiger partial charge < -0.3 is 14.6 Å². The van der Waals surface area contributed by atoms with Gasteiger partial charge in [0.1, 0.15) is 0 Å².